The first kappa shape index (κ1) is 19.6. The Balaban J connectivity index is 1.33. The highest BCUT2D eigenvalue weighted by molar-refractivity contribution is 9.10. The lowest BCUT2D eigenvalue weighted by Gasteiger charge is -2.16. The fraction of sp³-hybridized carbons (Fsp3) is 0.280. The standard InChI is InChI=1S/C25H24BrN2O2/c1-29-20-9-6-16(7-10-20)14-27-25-22(26)13-18-8-5-17(11-23(18)28-25)12-24-21-4-2-3-19(21)15-30-24/h2-3,5-11,13,21,24H,4,12,14-15H2,1H3,(H,27,28). The first-order valence-corrected chi connectivity index (χ1v) is 11.1. The van der Waals surface area contributed by atoms with Crippen molar-refractivity contribution in [1.29, 1.82) is 0 Å². The fourth-order valence-electron chi connectivity index (χ4n) is 4.31. The summed E-state index contributed by atoms with van der Waals surface area (Å²) in [7, 11) is 1.68. The van der Waals surface area contributed by atoms with Crippen LogP contribution in [-0.2, 0) is 17.7 Å². The monoisotopic (exact) mass is 463 g/mol. The van der Waals surface area contributed by atoms with Crippen molar-refractivity contribution >= 4 is 32.7 Å². The number of hydrogen-bond donors (Lipinski definition) is 1. The number of allylic oxidation sites excluding steroid dienone is 1. The highest BCUT2D eigenvalue weighted by Gasteiger charge is 2.34. The van der Waals surface area contributed by atoms with Crippen LogP contribution in [0.4, 0.5) is 5.82 Å². The normalized spacial score (nSPS) is 20.3. The predicted molar refractivity (Wildman–Crippen MR) is 124 cm³/mol. The van der Waals surface area contributed by atoms with Gasteiger partial charge >= 0.3 is 0 Å². The van der Waals surface area contributed by atoms with E-state index in [2.05, 4.69) is 70.1 Å². The van der Waals surface area contributed by atoms with Crippen LogP contribution >= 0.6 is 15.9 Å². The van der Waals surface area contributed by atoms with Crippen LogP contribution in [0.2, 0.25) is 0 Å². The lowest BCUT2D eigenvalue weighted by atomic mass is 9.93. The van der Waals surface area contributed by atoms with Gasteiger partial charge in [-0.25, -0.2) is 4.98 Å². The van der Waals surface area contributed by atoms with Crippen LogP contribution in [0.15, 0.2) is 64.7 Å². The molecule has 0 saturated carbocycles. The van der Waals surface area contributed by atoms with Crippen molar-refractivity contribution in [2.45, 2.75) is 25.5 Å². The summed E-state index contributed by atoms with van der Waals surface area (Å²) in [5.41, 5.74) is 4.90. The van der Waals surface area contributed by atoms with E-state index in [-0.39, 0.29) is 6.10 Å². The first-order valence-electron chi connectivity index (χ1n) is 10.3. The van der Waals surface area contributed by atoms with E-state index in [1.165, 1.54) is 16.7 Å². The Hall–Kier alpha value is -2.37. The van der Waals surface area contributed by atoms with Crippen molar-refractivity contribution in [1.82, 2.24) is 4.98 Å². The Kier molecular flexibility index (Phi) is 5.48. The molecule has 0 bridgehead atoms. The van der Waals surface area contributed by atoms with Crippen LogP contribution in [0.25, 0.3) is 10.9 Å². The van der Waals surface area contributed by atoms with Gasteiger partial charge in [0.25, 0.3) is 0 Å². The molecule has 2 aromatic carbocycles. The summed E-state index contributed by atoms with van der Waals surface area (Å²) >= 11 is 3.66. The first-order chi connectivity index (χ1) is 14.7. The van der Waals surface area contributed by atoms with Gasteiger partial charge < -0.3 is 14.8 Å². The molecular weight excluding hydrogens is 440 g/mol. The zero-order valence-electron chi connectivity index (χ0n) is 16.9. The maximum Gasteiger partial charge on any atom is 0.141 e. The average molecular weight is 464 g/mol. The van der Waals surface area contributed by atoms with Crippen LogP contribution < -0.4 is 10.1 Å². The van der Waals surface area contributed by atoms with Crippen molar-refractivity contribution in [3.63, 3.8) is 0 Å². The van der Waals surface area contributed by atoms with Crippen molar-refractivity contribution in [3.8, 4) is 5.75 Å². The molecule has 4 nitrogen and oxygen atoms in total. The maximum atomic E-state index is 6.05. The molecule has 30 heavy (non-hydrogen) atoms. The van der Waals surface area contributed by atoms with E-state index in [4.69, 9.17) is 14.5 Å². The summed E-state index contributed by atoms with van der Waals surface area (Å²) in [5, 5.41) is 4.57. The SMILES string of the molecule is COc1ccc(CNc2nc3cc(CC4OCC5=C[CH]CC54)ccc3cc2Br)cc1. The molecule has 1 aromatic heterocycles. The number of benzene rings is 2. The Morgan fingerprint density at radius 1 is 1.13 bits per heavy atom. The maximum absolute atomic E-state index is 6.05. The topological polar surface area (TPSA) is 43.4 Å². The summed E-state index contributed by atoms with van der Waals surface area (Å²) in [5.74, 6) is 2.27. The summed E-state index contributed by atoms with van der Waals surface area (Å²) in [6, 6.07) is 16.7. The molecular formula is C25H24BrN2O2. The van der Waals surface area contributed by atoms with Crippen LogP contribution in [-0.4, -0.2) is 24.8 Å². The smallest absolute Gasteiger partial charge is 0.141 e. The number of ether oxygens (including phenoxy) is 2. The molecule has 1 aliphatic heterocycles. The number of nitrogens with zero attached hydrogens (tertiary/aromatic N) is 1. The summed E-state index contributed by atoms with van der Waals surface area (Å²) in [6.07, 6.45) is 6.83. The number of hydrogen-bond acceptors (Lipinski definition) is 4. The highest BCUT2D eigenvalue weighted by atomic mass is 79.9. The molecule has 2 aliphatic rings. The molecule has 153 valence electrons. The summed E-state index contributed by atoms with van der Waals surface area (Å²) in [4.78, 5) is 4.88. The third kappa shape index (κ3) is 3.96. The highest BCUT2D eigenvalue weighted by Crippen LogP contribution is 2.37. The molecule has 0 spiro atoms. The molecule has 2 unspecified atom stereocenters. The van der Waals surface area contributed by atoms with Crippen molar-refractivity contribution in [2.75, 3.05) is 19.0 Å². The van der Waals surface area contributed by atoms with E-state index in [9.17, 15) is 0 Å². The molecule has 2 atom stereocenters. The fourth-order valence-corrected chi connectivity index (χ4v) is 4.78. The number of halogens is 1. The minimum atomic E-state index is 0.274. The van der Waals surface area contributed by atoms with Gasteiger partial charge in [0.1, 0.15) is 11.6 Å². The molecule has 5 heteroatoms. The number of anilines is 1. The van der Waals surface area contributed by atoms with Gasteiger partial charge in [-0.15, -0.1) is 0 Å². The van der Waals surface area contributed by atoms with Gasteiger partial charge in [0.2, 0.25) is 0 Å². The quantitative estimate of drug-likeness (QED) is 0.508. The molecule has 1 saturated heterocycles. The van der Waals surface area contributed by atoms with Crippen LogP contribution in [0, 0.1) is 12.3 Å². The summed E-state index contributed by atoms with van der Waals surface area (Å²) in [6.45, 7) is 1.48. The lowest BCUT2D eigenvalue weighted by molar-refractivity contribution is 0.0909. The predicted octanol–water partition coefficient (Wildman–Crippen LogP) is 5.71. The van der Waals surface area contributed by atoms with E-state index < -0.39 is 0 Å². The number of pyridine rings is 1. The Morgan fingerprint density at radius 3 is 2.80 bits per heavy atom. The Labute approximate surface area is 185 Å². The van der Waals surface area contributed by atoms with Gasteiger partial charge in [-0.1, -0.05) is 30.3 Å². The molecule has 5 rings (SSSR count). The zero-order chi connectivity index (χ0) is 20.5. The van der Waals surface area contributed by atoms with E-state index in [1.54, 1.807) is 7.11 Å². The molecule has 1 N–H and O–H groups in total. The second-order valence-electron chi connectivity index (χ2n) is 7.92. The van der Waals surface area contributed by atoms with Gasteiger partial charge in [-0.3, -0.25) is 0 Å². The molecule has 3 aromatic rings. The lowest BCUT2D eigenvalue weighted by Crippen LogP contribution is -2.18. The number of nitrogens with one attached hydrogen (secondary N) is 1. The largest absolute Gasteiger partial charge is 0.497 e. The minimum absolute atomic E-state index is 0.274. The van der Waals surface area contributed by atoms with Gasteiger partial charge in [0.05, 0.1) is 29.8 Å². The average Bonchev–Trinajstić information content (AvgIpc) is 3.38. The van der Waals surface area contributed by atoms with Gasteiger partial charge in [-0.05, 0) is 76.2 Å². The zero-order valence-corrected chi connectivity index (χ0v) is 18.5. The molecule has 0 amide bonds. The van der Waals surface area contributed by atoms with Crippen LogP contribution in [0.1, 0.15) is 17.5 Å². The third-order valence-electron chi connectivity index (χ3n) is 6.00. The van der Waals surface area contributed by atoms with Gasteiger partial charge in [-0.2, -0.15) is 0 Å². The number of rotatable bonds is 6. The van der Waals surface area contributed by atoms with Gasteiger partial charge in [0.15, 0.2) is 0 Å². The molecule has 1 fully saturated rings. The Morgan fingerprint density at radius 2 is 1.97 bits per heavy atom. The van der Waals surface area contributed by atoms with E-state index >= 15 is 0 Å². The van der Waals surface area contributed by atoms with E-state index in [0.29, 0.717) is 12.5 Å². The third-order valence-corrected chi connectivity index (χ3v) is 6.61. The van der Waals surface area contributed by atoms with Gasteiger partial charge in [0, 0.05) is 17.8 Å². The van der Waals surface area contributed by atoms with E-state index in [1.807, 2.05) is 12.1 Å². The molecule has 2 heterocycles. The summed E-state index contributed by atoms with van der Waals surface area (Å²) < 4.78 is 12.2. The number of methoxy groups -OCH3 is 1. The minimum Gasteiger partial charge on any atom is -0.497 e. The second-order valence-corrected chi connectivity index (χ2v) is 8.77. The van der Waals surface area contributed by atoms with Crippen molar-refractivity contribution in [3.05, 3.63) is 82.2 Å². The van der Waals surface area contributed by atoms with E-state index in [0.717, 1.165) is 46.4 Å². The second kappa shape index (κ2) is 8.40. The Bertz CT molecular complexity index is 1090. The number of aromatic nitrogens is 1. The number of fused-ring (bicyclic) bond motifs is 2. The molecule has 1 aliphatic carbocycles. The van der Waals surface area contributed by atoms with Crippen LogP contribution in [0.5, 0.6) is 5.75 Å². The van der Waals surface area contributed by atoms with Crippen molar-refractivity contribution < 1.29 is 9.47 Å². The molecule has 1 radical (unpaired) electrons. The van der Waals surface area contributed by atoms with Crippen LogP contribution in [0.3, 0.4) is 0 Å². The van der Waals surface area contributed by atoms with Crippen molar-refractivity contribution in [2.24, 2.45) is 5.92 Å².